The first-order chi connectivity index (χ1) is 10.9. The number of hydrogen-bond donors (Lipinski definition) is 0. The van der Waals surface area contributed by atoms with E-state index in [2.05, 4.69) is 9.55 Å². The van der Waals surface area contributed by atoms with Crippen LogP contribution in [0.5, 0.6) is 0 Å². The van der Waals surface area contributed by atoms with Crippen molar-refractivity contribution in [1.29, 1.82) is 0 Å². The summed E-state index contributed by atoms with van der Waals surface area (Å²) in [5, 5.41) is 0. The van der Waals surface area contributed by atoms with Gasteiger partial charge in [0.2, 0.25) is 0 Å². The monoisotopic (exact) mass is 330 g/mol. The third kappa shape index (κ3) is 2.34. The Kier molecular flexibility index (Phi) is 3.06. The number of aryl methyl sites for hydroxylation is 2. The number of rotatable bonds is 2. The molecule has 0 saturated carbocycles. The smallest absolute Gasteiger partial charge is 0.175 e. The molecule has 0 spiro atoms. The van der Waals surface area contributed by atoms with Crippen molar-refractivity contribution in [1.82, 2.24) is 9.55 Å². The Labute approximate surface area is 133 Å². The molecule has 0 aliphatic carbocycles. The van der Waals surface area contributed by atoms with Crippen LogP contribution in [0.4, 0.5) is 4.39 Å². The quantitative estimate of drug-likeness (QED) is 0.725. The molecule has 0 N–H and O–H groups in total. The van der Waals surface area contributed by atoms with Crippen molar-refractivity contribution in [2.45, 2.75) is 24.3 Å². The van der Waals surface area contributed by atoms with Crippen LogP contribution in [0, 0.1) is 5.82 Å². The third-order valence-corrected chi connectivity index (χ3v) is 5.38. The largest absolute Gasteiger partial charge is 0.328 e. The van der Waals surface area contributed by atoms with Gasteiger partial charge in [0.1, 0.15) is 11.6 Å². The Bertz CT molecular complexity index is 1040. The summed E-state index contributed by atoms with van der Waals surface area (Å²) in [5.41, 5.74) is 2.51. The van der Waals surface area contributed by atoms with E-state index >= 15 is 0 Å². The average Bonchev–Trinajstić information content (AvgIpc) is 3.06. The van der Waals surface area contributed by atoms with Crippen molar-refractivity contribution in [3.05, 3.63) is 48.0 Å². The van der Waals surface area contributed by atoms with Crippen LogP contribution in [-0.4, -0.2) is 24.2 Å². The van der Waals surface area contributed by atoms with Gasteiger partial charge in [0.25, 0.3) is 0 Å². The van der Waals surface area contributed by atoms with Crippen LogP contribution in [0.3, 0.4) is 0 Å². The van der Waals surface area contributed by atoms with E-state index in [4.69, 9.17) is 0 Å². The van der Waals surface area contributed by atoms with Gasteiger partial charge in [-0.2, -0.15) is 0 Å². The fourth-order valence-electron chi connectivity index (χ4n) is 3.15. The molecule has 0 bridgehead atoms. The van der Waals surface area contributed by atoms with Crippen LogP contribution in [0.25, 0.3) is 22.2 Å². The van der Waals surface area contributed by atoms with Gasteiger partial charge >= 0.3 is 0 Å². The molecule has 23 heavy (non-hydrogen) atoms. The molecule has 1 aliphatic rings. The Hall–Kier alpha value is -2.21. The van der Waals surface area contributed by atoms with Gasteiger partial charge in [0.15, 0.2) is 9.84 Å². The van der Waals surface area contributed by atoms with E-state index in [1.54, 1.807) is 18.2 Å². The first-order valence-electron chi connectivity index (χ1n) is 7.42. The molecule has 4 rings (SSSR count). The van der Waals surface area contributed by atoms with Crippen LogP contribution >= 0.6 is 0 Å². The van der Waals surface area contributed by atoms with Crippen molar-refractivity contribution < 1.29 is 12.8 Å². The summed E-state index contributed by atoms with van der Waals surface area (Å²) in [4.78, 5) is 4.66. The first-order valence-corrected chi connectivity index (χ1v) is 9.32. The van der Waals surface area contributed by atoms with Crippen molar-refractivity contribution in [3.8, 4) is 11.1 Å². The molecule has 0 radical (unpaired) electrons. The predicted octanol–water partition coefficient (Wildman–Crippen LogP) is 3.19. The number of imidazole rings is 1. The lowest BCUT2D eigenvalue weighted by molar-refractivity contribution is 0.602. The molecular weight excluding hydrogens is 315 g/mol. The van der Waals surface area contributed by atoms with Crippen molar-refractivity contribution in [2.24, 2.45) is 0 Å². The van der Waals surface area contributed by atoms with Crippen LogP contribution in [0.1, 0.15) is 12.2 Å². The molecule has 118 valence electrons. The van der Waals surface area contributed by atoms with Crippen molar-refractivity contribution in [3.63, 3.8) is 0 Å². The molecule has 0 fully saturated rings. The number of benzene rings is 2. The molecule has 1 aliphatic heterocycles. The van der Waals surface area contributed by atoms with Crippen LogP contribution in [-0.2, 0) is 22.8 Å². The molecule has 3 aromatic rings. The number of aromatic nitrogens is 2. The molecule has 1 aromatic heterocycles. The minimum Gasteiger partial charge on any atom is -0.328 e. The van der Waals surface area contributed by atoms with Gasteiger partial charge in [-0.15, -0.1) is 0 Å². The molecule has 0 amide bonds. The number of nitrogens with zero attached hydrogens (tertiary/aromatic N) is 2. The summed E-state index contributed by atoms with van der Waals surface area (Å²) >= 11 is 0. The highest BCUT2D eigenvalue weighted by molar-refractivity contribution is 7.90. The summed E-state index contributed by atoms with van der Waals surface area (Å²) < 4.78 is 40.0. The van der Waals surface area contributed by atoms with Crippen LogP contribution < -0.4 is 0 Å². The molecule has 4 nitrogen and oxygen atoms in total. The molecule has 0 atom stereocenters. The maximum atomic E-state index is 14.5. The van der Waals surface area contributed by atoms with Crippen molar-refractivity contribution in [2.75, 3.05) is 6.26 Å². The van der Waals surface area contributed by atoms with Gasteiger partial charge in [0, 0.05) is 30.9 Å². The van der Waals surface area contributed by atoms with Gasteiger partial charge in [-0.05, 0) is 30.2 Å². The Balaban J connectivity index is 1.94. The fraction of sp³-hybridized carbons (Fsp3) is 0.235. The second-order valence-corrected chi connectivity index (χ2v) is 7.92. The van der Waals surface area contributed by atoms with E-state index in [9.17, 15) is 12.8 Å². The van der Waals surface area contributed by atoms with Gasteiger partial charge in [-0.25, -0.2) is 17.8 Å². The summed E-state index contributed by atoms with van der Waals surface area (Å²) in [7, 11) is -3.33. The van der Waals surface area contributed by atoms with Crippen LogP contribution in [0.2, 0.25) is 0 Å². The highest BCUT2D eigenvalue weighted by Gasteiger charge is 2.19. The lowest BCUT2D eigenvalue weighted by atomic mass is 10.0. The fourth-order valence-corrected chi connectivity index (χ4v) is 3.81. The lowest BCUT2D eigenvalue weighted by Gasteiger charge is -2.07. The topological polar surface area (TPSA) is 52.0 Å². The molecule has 2 heterocycles. The standard InChI is InChI=1S/C17H15FN2O2S/c1-23(21,22)12-5-2-4-11(8-12)13-9-16-15(10-14(13)18)19-17-6-3-7-20(16)17/h2,4-5,8-10H,3,6-7H2,1H3. The highest BCUT2D eigenvalue weighted by atomic mass is 32.2. The summed E-state index contributed by atoms with van der Waals surface area (Å²) in [6.45, 7) is 0.889. The Morgan fingerprint density at radius 3 is 2.83 bits per heavy atom. The maximum Gasteiger partial charge on any atom is 0.175 e. The minimum atomic E-state index is -3.33. The van der Waals surface area contributed by atoms with E-state index in [1.807, 2.05) is 0 Å². The van der Waals surface area contributed by atoms with Gasteiger partial charge in [-0.1, -0.05) is 12.1 Å². The minimum absolute atomic E-state index is 0.188. The lowest BCUT2D eigenvalue weighted by Crippen LogP contribution is -1.97. The first kappa shape index (κ1) is 14.4. The van der Waals surface area contributed by atoms with E-state index < -0.39 is 9.84 Å². The van der Waals surface area contributed by atoms with Gasteiger partial charge in [0.05, 0.1) is 15.9 Å². The highest BCUT2D eigenvalue weighted by Crippen LogP contribution is 2.31. The summed E-state index contributed by atoms with van der Waals surface area (Å²) in [6.07, 6.45) is 3.11. The van der Waals surface area contributed by atoms with Crippen LogP contribution in [0.15, 0.2) is 41.3 Å². The normalized spacial score (nSPS) is 14.3. The second-order valence-electron chi connectivity index (χ2n) is 5.90. The number of hydrogen-bond acceptors (Lipinski definition) is 3. The van der Waals surface area contributed by atoms with Gasteiger partial charge < -0.3 is 4.57 Å². The zero-order valence-electron chi connectivity index (χ0n) is 12.6. The van der Waals surface area contributed by atoms with E-state index in [0.717, 1.165) is 37.0 Å². The van der Waals surface area contributed by atoms with Crippen molar-refractivity contribution >= 4 is 20.9 Å². The molecule has 2 aromatic carbocycles. The number of halogens is 1. The average molecular weight is 330 g/mol. The molecular formula is C17H15FN2O2S. The Morgan fingerprint density at radius 1 is 1.22 bits per heavy atom. The number of fused-ring (bicyclic) bond motifs is 3. The van der Waals surface area contributed by atoms with E-state index in [1.165, 1.54) is 18.2 Å². The molecule has 0 unspecified atom stereocenters. The summed E-state index contributed by atoms with van der Waals surface area (Å²) in [6, 6.07) is 9.60. The van der Waals surface area contributed by atoms with E-state index in [-0.39, 0.29) is 10.7 Å². The van der Waals surface area contributed by atoms with Gasteiger partial charge in [-0.3, -0.25) is 0 Å². The predicted molar refractivity (Wildman–Crippen MR) is 86.6 cm³/mol. The van der Waals surface area contributed by atoms with E-state index in [0.29, 0.717) is 16.6 Å². The summed E-state index contributed by atoms with van der Waals surface area (Å²) in [5.74, 6) is 0.598. The number of sulfone groups is 1. The maximum absolute atomic E-state index is 14.5. The molecule has 0 saturated heterocycles. The third-order valence-electron chi connectivity index (χ3n) is 4.27. The zero-order valence-corrected chi connectivity index (χ0v) is 13.4. The second kappa shape index (κ2) is 4.89. The zero-order chi connectivity index (χ0) is 16.2. The SMILES string of the molecule is CS(=O)(=O)c1cccc(-c2cc3c(cc2F)nc2n3CCC2)c1. The molecule has 6 heteroatoms. The Morgan fingerprint density at radius 2 is 2.04 bits per heavy atom.